The molecule has 0 spiro atoms. The first-order chi connectivity index (χ1) is 11.7. The number of nitrogens with zero attached hydrogens (tertiary/aromatic N) is 2. The third-order valence-electron chi connectivity index (χ3n) is 4.61. The second kappa shape index (κ2) is 10.3. The first kappa shape index (κ1) is 18.7. The molecule has 0 radical (unpaired) electrons. The van der Waals surface area contributed by atoms with Crippen molar-refractivity contribution in [2.75, 3.05) is 39.3 Å². The summed E-state index contributed by atoms with van der Waals surface area (Å²) in [5, 5.41) is 3.04. The third kappa shape index (κ3) is 6.85. The van der Waals surface area contributed by atoms with Crippen molar-refractivity contribution in [1.29, 1.82) is 0 Å². The summed E-state index contributed by atoms with van der Waals surface area (Å²) in [6.07, 6.45) is 6.02. The first-order valence-electron chi connectivity index (χ1n) is 9.13. The minimum Gasteiger partial charge on any atom is -0.354 e. The van der Waals surface area contributed by atoms with Gasteiger partial charge in [-0.3, -0.25) is 9.69 Å². The van der Waals surface area contributed by atoms with Crippen LogP contribution in [0.4, 0.5) is 0 Å². The van der Waals surface area contributed by atoms with E-state index in [0.717, 1.165) is 45.7 Å². The molecule has 2 rings (SSSR count). The zero-order valence-corrected chi connectivity index (χ0v) is 15.1. The summed E-state index contributed by atoms with van der Waals surface area (Å²) in [6, 6.07) is 10.7. The van der Waals surface area contributed by atoms with Gasteiger partial charge in [0.15, 0.2) is 0 Å². The van der Waals surface area contributed by atoms with Crippen molar-refractivity contribution in [2.24, 2.45) is 0 Å². The standard InChI is InChI=1S/C20H31N3O/c1-3-18(2)21-20(24)11-13-23-16-14-22(15-17-23)12-7-10-19-8-5-4-6-9-19/h4-10,18H,3,11-17H2,1-2H3,(H,21,24)/b10-7+. The lowest BCUT2D eigenvalue weighted by Gasteiger charge is -2.34. The number of benzene rings is 1. The fraction of sp³-hybridized carbons (Fsp3) is 0.550. The number of amides is 1. The molecule has 1 heterocycles. The van der Waals surface area contributed by atoms with Crippen LogP contribution in [0.15, 0.2) is 36.4 Å². The van der Waals surface area contributed by atoms with Crippen molar-refractivity contribution in [3.05, 3.63) is 42.0 Å². The Balaban J connectivity index is 1.61. The topological polar surface area (TPSA) is 35.6 Å². The predicted molar refractivity (Wildman–Crippen MR) is 101 cm³/mol. The van der Waals surface area contributed by atoms with Gasteiger partial charge in [-0.15, -0.1) is 0 Å². The lowest BCUT2D eigenvalue weighted by Crippen LogP contribution is -2.47. The van der Waals surface area contributed by atoms with Gasteiger partial charge < -0.3 is 10.2 Å². The summed E-state index contributed by atoms with van der Waals surface area (Å²) < 4.78 is 0. The van der Waals surface area contributed by atoms with Gasteiger partial charge in [0.25, 0.3) is 0 Å². The Morgan fingerprint density at radius 2 is 1.83 bits per heavy atom. The van der Waals surface area contributed by atoms with Crippen molar-refractivity contribution >= 4 is 12.0 Å². The summed E-state index contributed by atoms with van der Waals surface area (Å²) in [6.45, 7) is 10.3. The normalized spacial score (nSPS) is 17.9. The number of hydrogen-bond acceptors (Lipinski definition) is 3. The van der Waals surface area contributed by atoms with Crippen molar-refractivity contribution in [3.8, 4) is 0 Å². The van der Waals surface area contributed by atoms with Gasteiger partial charge in [0.05, 0.1) is 0 Å². The summed E-state index contributed by atoms with van der Waals surface area (Å²) in [4.78, 5) is 16.7. The first-order valence-corrected chi connectivity index (χ1v) is 9.13. The molecule has 1 atom stereocenters. The number of hydrogen-bond donors (Lipinski definition) is 1. The Kier molecular flexibility index (Phi) is 7.99. The predicted octanol–water partition coefficient (Wildman–Crippen LogP) is 2.62. The molecule has 4 heteroatoms. The number of piperazine rings is 1. The molecule has 1 saturated heterocycles. The summed E-state index contributed by atoms with van der Waals surface area (Å²) in [7, 11) is 0. The highest BCUT2D eigenvalue weighted by Crippen LogP contribution is 2.05. The van der Waals surface area contributed by atoms with E-state index in [1.54, 1.807) is 0 Å². The summed E-state index contributed by atoms with van der Waals surface area (Å²) in [5.74, 6) is 0.178. The number of nitrogens with one attached hydrogen (secondary N) is 1. The van der Waals surface area contributed by atoms with Gasteiger partial charge in [-0.25, -0.2) is 0 Å². The average molecular weight is 329 g/mol. The smallest absolute Gasteiger partial charge is 0.221 e. The lowest BCUT2D eigenvalue weighted by molar-refractivity contribution is -0.122. The van der Waals surface area contributed by atoms with Crippen LogP contribution in [0.1, 0.15) is 32.3 Å². The van der Waals surface area contributed by atoms with Crippen molar-refractivity contribution in [3.63, 3.8) is 0 Å². The molecule has 132 valence electrons. The van der Waals surface area contributed by atoms with Crippen LogP contribution in [0, 0.1) is 0 Å². The van der Waals surface area contributed by atoms with Gasteiger partial charge in [0, 0.05) is 51.7 Å². The number of carbonyl (C=O) groups excluding carboxylic acids is 1. The quantitative estimate of drug-likeness (QED) is 0.796. The average Bonchev–Trinajstić information content (AvgIpc) is 2.62. The van der Waals surface area contributed by atoms with E-state index in [-0.39, 0.29) is 11.9 Å². The molecule has 1 aromatic carbocycles. The molecule has 24 heavy (non-hydrogen) atoms. The Morgan fingerprint density at radius 3 is 2.50 bits per heavy atom. The van der Waals surface area contributed by atoms with Gasteiger partial charge in [0.2, 0.25) is 5.91 Å². The molecule has 0 aromatic heterocycles. The minimum absolute atomic E-state index is 0.178. The van der Waals surface area contributed by atoms with Gasteiger partial charge in [-0.1, -0.05) is 49.4 Å². The van der Waals surface area contributed by atoms with Gasteiger partial charge in [-0.05, 0) is 18.9 Å². The monoisotopic (exact) mass is 329 g/mol. The number of carbonyl (C=O) groups is 1. The van der Waals surface area contributed by atoms with Crippen LogP contribution in [0.3, 0.4) is 0 Å². The van der Waals surface area contributed by atoms with Crippen LogP contribution < -0.4 is 5.32 Å². The van der Waals surface area contributed by atoms with E-state index in [9.17, 15) is 4.79 Å². The minimum atomic E-state index is 0.178. The van der Waals surface area contributed by atoms with Gasteiger partial charge in [0.1, 0.15) is 0 Å². The van der Waals surface area contributed by atoms with E-state index in [1.165, 1.54) is 5.56 Å². The Morgan fingerprint density at radius 1 is 1.17 bits per heavy atom. The highest BCUT2D eigenvalue weighted by atomic mass is 16.1. The largest absolute Gasteiger partial charge is 0.354 e. The molecule has 1 amide bonds. The van der Waals surface area contributed by atoms with E-state index in [0.29, 0.717) is 6.42 Å². The Hall–Kier alpha value is -1.65. The van der Waals surface area contributed by atoms with Crippen LogP contribution in [0.25, 0.3) is 6.08 Å². The third-order valence-corrected chi connectivity index (χ3v) is 4.61. The van der Waals surface area contributed by atoms with Crippen LogP contribution in [-0.4, -0.2) is 61.0 Å². The molecular formula is C20H31N3O. The molecule has 1 aliphatic heterocycles. The second-order valence-corrected chi connectivity index (χ2v) is 6.58. The number of rotatable bonds is 8. The molecule has 0 aliphatic carbocycles. The van der Waals surface area contributed by atoms with Crippen LogP contribution in [-0.2, 0) is 4.79 Å². The highest BCUT2D eigenvalue weighted by Gasteiger charge is 2.16. The highest BCUT2D eigenvalue weighted by molar-refractivity contribution is 5.76. The molecular weight excluding hydrogens is 298 g/mol. The molecule has 4 nitrogen and oxygen atoms in total. The van der Waals surface area contributed by atoms with E-state index >= 15 is 0 Å². The van der Waals surface area contributed by atoms with Crippen LogP contribution in [0.5, 0.6) is 0 Å². The van der Waals surface area contributed by atoms with Crippen LogP contribution in [0.2, 0.25) is 0 Å². The fourth-order valence-electron chi connectivity index (χ4n) is 2.81. The molecule has 1 fully saturated rings. The summed E-state index contributed by atoms with van der Waals surface area (Å²) in [5.41, 5.74) is 1.25. The van der Waals surface area contributed by atoms with E-state index in [4.69, 9.17) is 0 Å². The van der Waals surface area contributed by atoms with Crippen molar-refractivity contribution in [1.82, 2.24) is 15.1 Å². The zero-order valence-electron chi connectivity index (χ0n) is 15.1. The van der Waals surface area contributed by atoms with Gasteiger partial charge in [-0.2, -0.15) is 0 Å². The summed E-state index contributed by atoms with van der Waals surface area (Å²) >= 11 is 0. The maximum Gasteiger partial charge on any atom is 0.221 e. The second-order valence-electron chi connectivity index (χ2n) is 6.58. The van der Waals surface area contributed by atoms with Crippen molar-refractivity contribution < 1.29 is 4.79 Å². The van der Waals surface area contributed by atoms with Crippen molar-refractivity contribution in [2.45, 2.75) is 32.7 Å². The molecule has 0 bridgehead atoms. The molecule has 1 aromatic rings. The van der Waals surface area contributed by atoms with E-state index < -0.39 is 0 Å². The molecule has 1 N–H and O–H groups in total. The fourth-order valence-corrected chi connectivity index (χ4v) is 2.81. The van der Waals surface area contributed by atoms with E-state index in [1.807, 2.05) is 6.07 Å². The van der Waals surface area contributed by atoms with Gasteiger partial charge >= 0.3 is 0 Å². The Labute approximate surface area is 146 Å². The van der Waals surface area contributed by atoms with E-state index in [2.05, 4.69) is 65.4 Å². The maximum absolute atomic E-state index is 11.8. The molecule has 1 aliphatic rings. The SMILES string of the molecule is CCC(C)NC(=O)CCN1CCN(C/C=C/c2ccccc2)CC1. The zero-order chi connectivity index (χ0) is 17.2. The van der Waals surface area contributed by atoms with Crippen LogP contribution >= 0.6 is 0 Å². The lowest BCUT2D eigenvalue weighted by atomic mass is 10.2. The maximum atomic E-state index is 11.8. The molecule has 1 unspecified atom stereocenters. The Bertz CT molecular complexity index is 507. The molecule has 0 saturated carbocycles.